The number of rotatable bonds is 7. The van der Waals surface area contributed by atoms with Crippen molar-refractivity contribution < 1.29 is 14.3 Å². The highest BCUT2D eigenvalue weighted by Crippen LogP contribution is 2.29. The largest absolute Gasteiger partial charge is 0.493 e. The number of ether oxygens (including phenoxy) is 2. The Kier molecular flexibility index (Phi) is 8.53. The van der Waals surface area contributed by atoms with E-state index in [-0.39, 0.29) is 35.8 Å². The number of nitrogens with zero attached hydrogens (tertiary/aromatic N) is 2. The number of anilines is 1. The summed E-state index contributed by atoms with van der Waals surface area (Å²) in [4.78, 5) is 15.8. The first kappa shape index (κ1) is 20.5. The lowest BCUT2D eigenvalue weighted by molar-refractivity contribution is 0.0950. The van der Waals surface area contributed by atoms with Gasteiger partial charge < -0.3 is 25.8 Å². The summed E-state index contributed by atoms with van der Waals surface area (Å²) >= 11 is 0. The monoisotopic (exact) mass is 460 g/mol. The molecule has 0 spiro atoms. The minimum Gasteiger partial charge on any atom is -0.493 e. The van der Waals surface area contributed by atoms with Gasteiger partial charge in [-0.15, -0.1) is 24.0 Å². The van der Waals surface area contributed by atoms with Gasteiger partial charge in [0.25, 0.3) is 5.91 Å². The Morgan fingerprint density at radius 1 is 1.28 bits per heavy atom. The van der Waals surface area contributed by atoms with Crippen LogP contribution >= 0.6 is 24.0 Å². The number of nitrogens with two attached hydrogens (primary N) is 1. The molecule has 0 unspecified atom stereocenters. The van der Waals surface area contributed by atoms with Gasteiger partial charge in [0, 0.05) is 24.5 Å². The maximum Gasteiger partial charge on any atom is 0.269 e. The van der Waals surface area contributed by atoms with Gasteiger partial charge in [0.15, 0.2) is 17.5 Å². The van der Waals surface area contributed by atoms with E-state index in [0.29, 0.717) is 30.3 Å². The molecule has 0 aliphatic heterocycles. The maximum absolute atomic E-state index is 11.7. The molecule has 2 rings (SSSR count). The zero-order valence-corrected chi connectivity index (χ0v) is 16.2. The number of guanidine groups is 1. The number of aliphatic imine (C=N–C) groups is 1. The summed E-state index contributed by atoms with van der Waals surface area (Å²) in [5.41, 5.74) is 6.93. The van der Waals surface area contributed by atoms with E-state index in [9.17, 15) is 4.79 Å². The number of carbonyl (C=O) groups excluding carboxylic acids is 1. The Hall–Kier alpha value is -2.50. The second-order valence-corrected chi connectivity index (χ2v) is 4.69. The van der Waals surface area contributed by atoms with E-state index in [2.05, 4.69) is 25.8 Å². The van der Waals surface area contributed by atoms with Crippen molar-refractivity contribution in [1.29, 1.82) is 0 Å². The molecule has 0 saturated heterocycles. The van der Waals surface area contributed by atoms with E-state index in [1.807, 2.05) is 0 Å². The molecule has 0 atom stereocenters. The lowest BCUT2D eigenvalue weighted by Gasteiger charge is -2.11. The van der Waals surface area contributed by atoms with Gasteiger partial charge in [0.1, 0.15) is 5.69 Å². The molecule has 25 heavy (non-hydrogen) atoms. The van der Waals surface area contributed by atoms with Gasteiger partial charge in [-0.2, -0.15) is 5.10 Å². The third-order valence-corrected chi connectivity index (χ3v) is 3.08. The minimum atomic E-state index is -0.242. The Balaban J connectivity index is 0.00000312. The van der Waals surface area contributed by atoms with Crippen molar-refractivity contribution in [3.05, 3.63) is 36.2 Å². The molecule has 0 bridgehead atoms. The molecule has 1 heterocycles. The molecular formula is C15H21IN6O3. The number of carbonyl (C=O) groups is 1. The first-order chi connectivity index (χ1) is 11.6. The van der Waals surface area contributed by atoms with Gasteiger partial charge >= 0.3 is 0 Å². The normalized spacial score (nSPS) is 10.6. The highest BCUT2D eigenvalue weighted by atomic mass is 127. The summed E-state index contributed by atoms with van der Waals surface area (Å²) in [6.45, 7) is 0.693. The van der Waals surface area contributed by atoms with Crippen LogP contribution in [-0.2, 0) is 0 Å². The van der Waals surface area contributed by atoms with Crippen molar-refractivity contribution >= 4 is 41.5 Å². The van der Waals surface area contributed by atoms with Gasteiger partial charge in [-0.1, -0.05) is 0 Å². The zero-order chi connectivity index (χ0) is 17.4. The van der Waals surface area contributed by atoms with Crippen LogP contribution in [0.5, 0.6) is 11.5 Å². The first-order valence-corrected chi connectivity index (χ1v) is 7.20. The van der Waals surface area contributed by atoms with E-state index in [1.165, 1.54) is 6.20 Å². The number of benzene rings is 1. The fourth-order valence-electron chi connectivity index (χ4n) is 1.92. The first-order valence-electron chi connectivity index (χ1n) is 7.20. The number of aromatic amines is 1. The Labute approximate surface area is 162 Å². The smallest absolute Gasteiger partial charge is 0.269 e. The molecule has 9 nitrogen and oxygen atoms in total. The molecule has 1 aromatic carbocycles. The number of aromatic nitrogens is 2. The average molecular weight is 460 g/mol. The van der Waals surface area contributed by atoms with Crippen molar-refractivity contribution in [3.63, 3.8) is 0 Å². The van der Waals surface area contributed by atoms with Crippen LogP contribution < -0.4 is 25.8 Å². The zero-order valence-electron chi connectivity index (χ0n) is 13.9. The number of nitrogens with one attached hydrogen (secondary N) is 3. The summed E-state index contributed by atoms with van der Waals surface area (Å²) in [6.07, 6.45) is 1.51. The molecule has 10 heteroatoms. The number of amides is 1. The SMILES string of the molecule is COc1ccc(NC(N)=NCCNC(=O)c2ccn[nH]2)cc1OC.I. The topological polar surface area (TPSA) is 127 Å². The summed E-state index contributed by atoms with van der Waals surface area (Å²) in [5, 5.41) is 11.9. The molecule has 136 valence electrons. The van der Waals surface area contributed by atoms with Crippen molar-refractivity contribution in [2.45, 2.75) is 0 Å². The highest BCUT2D eigenvalue weighted by molar-refractivity contribution is 14.0. The average Bonchev–Trinajstić information content (AvgIpc) is 3.13. The number of methoxy groups -OCH3 is 2. The third-order valence-electron chi connectivity index (χ3n) is 3.08. The van der Waals surface area contributed by atoms with E-state index < -0.39 is 0 Å². The van der Waals surface area contributed by atoms with Crippen LogP contribution in [0.15, 0.2) is 35.5 Å². The molecule has 2 aromatic rings. The van der Waals surface area contributed by atoms with E-state index in [0.717, 1.165) is 5.69 Å². The highest BCUT2D eigenvalue weighted by Gasteiger charge is 2.06. The van der Waals surface area contributed by atoms with Gasteiger partial charge in [-0.25, -0.2) is 0 Å². The van der Waals surface area contributed by atoms with Crippen molar-refractivity contribution in [2.24, 2.45) is 10.7 Å². The summed E-state index contributed by atoms with van der Waals surface area (Å²) in [5.74, 6) is 1.20. The predicted molar refractivity (Wildman–Crippen MR) is 106 cm³/mol. The Bertz CT molecular complexity index is 705. The van der Waals surface area contributed by atoms with Crippen molar-refractivity contribution in [3.8, 4) is 11.5 Å². The summed E-state index contributed by atoms with van der Waals surface area (Å²) < 4.78 is 10.4. The maximum atomic E-state index is 11.7. The fraction of sp³-hybridized carbons (Fsp3) is 0.267. The molecule has 5 N–H and O–H groups in total. The van der Waals surface area contributed by atoms with E-state index in [4.69, 9.17) is 15.2 Å². The standard InChI is InChI=1S/C15H20N6O3.HI/c1-23-12-4-3-10(9-13(12)24-2)20-15(16)18-8-7-17-14(22)11-5-6-19-21-11;/h3-6,9H,7-8H2,1-2H3,(H,17,22)(H,19,21)(H3,16,18,20);1H. The van der Waals surface area contributed by atoms with Crippen LogP contribution in [0.2, 0.25) is 0 Å². The van der Waals surface area contributed by atoms with Crippen LogP contribution in [0.3, 0.4) is 0 Å². The summed E-state index contributed by atoms with van der Waals surface area (Å²) in [7, 11) is 3.12. The van der Waals surface area contributed by atoms with E-state index in [1.54, 1.807) is 38.5 Å². The summed E-state index contributed by atoms with van der Waals surface area (Å²) in [6, 6.07) is 6.90. The lowest BCUT2D eigenvalue weighted by Crippen LogP contribution is -2.28. The molecule has 1 amide bonds. The fourth-order valence-corrected chi connectivity index (χ4v) is 1.92. The van der Waals surface area contributed by atoms with Gasteiger partial charge in [-0.3, -0.25) is 14.9 Å². The molecule has 0 saturated carbocycles. The lowest BCUT2D eigenvalue weighted by atomic mass is 10.3. The van der Waals surface area contributed by atoms with Crippen LogP contribution in [-0.4, -0.2) is 49.4 Å². The number of H-pyrrole nitrogens is 1. The minimum absolute atomic E-state index is 0. The number of hydrogen-bond acceptors (Lipinski definition) is 5. The van der Waals surface area contributed by atoms with Crippen LogP contribution in [0.25, 0.3) is 0 Å². The van der Waals surface area contributed by atoms with Gasteiger partial charge in [0.2, 0.25) is 0 Å². The molecular weight excluding hydrogens is 439 g/mol. The second kappa shape index (κ2) is 10.4. The molecule has 0 aliphatic carbocycles. The van der Waals surface area contributed by atoms with E-state index >= 15 is 0 Å². The molecule has 0 aliphatic rings. The van der Waals surface area contributed by atoms with Crippen molar-refractivity contribution in [1.82, 2.24) is 15.5 Å². The van der Waals surface area contributed by atoms with Crippen LogP contribution in [0, 0.1) is 0 Å². The van der Waals surface area contributed by atoms with Crippen LogP contribution in [0.4, 0.5) is 5.69 Å². The molecule has 0 radical (unpaired) electrons. The number of halogens is 1. The van der Waals surface area contributed by atoms with Crippen molar-refractivity contribution in [2.75, 3.05) is 32.6 Å². The molecule has 0 fully saturated rings. The number of hydrogen-bond donors (Lipinski definition) is 4. The Morgan fingerprint density at radius 2 is 2.04 bits per heavy atom. The van der Waals surface area contributed by atoms with Gasteiger partial charge in [0.05, 0.1) is 20.8 Å². The third kappa shape index (κ3) is 6.14. The van der Waals surface area contributed by atoms with Crippen LogP contribution in [0.1, 0.15) is 10.5 Å². The second-order valence-electron chi connectivity index (χ2n) is 4.69. The predicted octanol–water partition coefficient (Wildman–Crippen LogP) is 1.20. The Morgan fingerprint density at radius 3 is 2.68 bits per heavy atom. The quantitative estimate of drug-likeness (QED) is 0.213. The molecule has 1 aromatic heterocycles. The van der Waals surface area contributed by atoms with Gasteiger partial charge in [-0.05, 0) is 18.2 Å².